The van der Waals surface area contributed by atoms with Crippen LogP contribution in [0.4, 0.5) is 0 Å². The molecule has 8 heterocycles. The SMILES string of the molecule is CCN1CCc2c(c3ccccc3n2Cc2ccc(C(=O)NC)cc2)C1.CNC(=O)c1ccc(Cn2c3c(c4ccccc42)CN(C(C)C)CC3)cc1.CNC(=O)c1ccc(Cn2c3c(c4ccccc42)CN(CCCC(N)=O)CC3)cc1.NC(=O)CN1CCc2c(c3ccccc3n2Cc2ccc(C(=O)CO)cc2)C1. The lowest BCUT2D eigenvalue weighted by atomic mass is 10.0. The Kier molecular flexibility index (Phi) is 25.0. The van der Waals surface area contributed by atoms with E-state index in [4.69, 9.17) is 16.6 Å². The van der Waals surface area contributed by atoms with Gasteiger partial charge in [0.2, 0.25) is 11.8 Å². The summed E-state index contributed by atoms with van der Waals surface area (Å²) in [6.07, 6.45) is 5.26. The fourth-order valence-corrected chi connectivity index (χ4v) is 16.6. The predicted molar refractivity (Wildman–Crippen MR) is 441 cm³/mol. The van der Waals surface area contributed by atoms with Crippen molar-refractivity contribution in [2.45, 2.75) is 118 Å². The van der Waals surface area contributed by atoms with Gasteiger partial charge in [-0.25, -0.2) is 0 Å². The first-order valence-electron chi connectivity index (χ1n) is 38.9. The minimum Gasteiger partial charge on any atom is -0.388 e. The number of fused-ring (bicyclic) bond motifs is 12. The van der Waals surface area contributed by atoms with E-state index in [1.807, 2.05) is 72.8 Å². The number of carbonyl (C=O) groups excluding carboxylic acids is 6. The normalized spacial score (nSPS) is 14.2. The number of aliphatic hydroxyl groups excluding tert-OH is 1. The van der Waals surface area contributed by atoms with Gasteiger partial charge in [0, 0.05) is 226 Å². The molecular formula is C91H103N13O7. The maximum absolute atomic E-state index is 11.8. The van der Waals surface area contributed by atoms with Crippen molar-refractivity contribution in [1.82, 2.24) is 53.8 Å². The molecular weight excluding hydrogens is 1390 g/mol. The lowest BCUT2D eigenvalue weighted by Crippen LogP contribution is -2.37. The van der Waals surface area contributed by atoms with Crippen molar-refractivity contribution < 1.29 is 33.9 Å². The second kappa shape index (κ2) is 35.6. The molecule has 4 aromatic heterocycles. The van der Waals surface area contributed by atoms with Crippen molar-refractivity contribution in [1.29, 1.82) is 0 Å². The van der Waals surface area contributed by atoms with Crippen LogP contribution in [0.15, 0.2) is 194 Å². The predicted octanol–water partition coefficient (Wildman–Crippen LogP) is 11.6. The summed E-state index contributed by atoms with van der Waals surface area (Å²) in [6.45, 7) is 19.4. The zero-order valence-corrected chi connectivity index (χ0v) is 64.7. The summed E-state index contributed by atoms with van der Waals surface area (Å²) >= 11 is 0. The van der Waals surface area contributed by atoms with Crippen molar-refractivity contribution in [2.75, 3.05) is 73.6 Å². The molecule has 0 aliphatic carbocycles. The molecule has 12 aromatic rings. The molecule has 8 N–H and O–H groups in total. The van der Waals surface area contributed by atoms with Gasteiger partial charge in [-0.15, -0.1) is 0 Å². The minimum atomic E-state index is -0.475. The van der Waals surface area contributed by atoms with Gasteiger partial charge in [-0.3, -0.25) is 48.4 Å². The highest BCUT2D eigenvalue weighted by Gasteiger charge is 2.29. The number of ketones is 1. The van der Waals surface area contributed by atoms with Crippen LogP contribution in [-0.2, 0) is 87.6 Å². The van der Waals surface area contributed by atoms with Crippen molar-refractivity contribution in [2.24, 2.45) is 11.5 Å². The smallest absolute Gasteiger partial charge is 0.251 e. The number of carbonyl (C=O) groups is 6. The van der Waals surface area contributed by atoms with E-state index < -0.39 is 6.61 Å². The van der Waals surface area contributed by atoms with Crippen LogP contribution in [0.2, 0.25) is 0 Å². The largest absolute Gasteiger partial charge is 0.388 e. The van der Waals surface area contributed by atoms with Crippen molar-refractivity contribution in [3.05, 3.63) is 284 Å². The average molecular weight is 1490 g/mol. The number of hydrogen-bond acceptors (Lipinski definition) is 11. The van der Waals surface area contributed by atoms with Gasteiger partial charge in [0.05, 0.1) is 6.54 Å². The van der Waals surface area contributed by atoms with Crippen molar-refractivity contribution in [3.8, 4) is 0 Å². The zero-order chi connectivity index (χ0) is 77.8. The standard InChI is InChI=1S/C24H28N4O2.C23H27N3O.C22H23N3O3.C22H25N3O/c1-26-24(30)18-10-8-17(9-11-18)15-28-21-6-3-2-5-19(21)20-16-27(14-12-22(20)28)13-4-7-23(25)29;1-16(2)25-13-12-22-20(15-25)19-6-4-5-7-21(19)26(22)14-17-8-10-18(11-9-17)23(27)24-3;23-22(28)13-24-10-9-20-18(12-24)17-3-1-2-4-19(17)25(20)11-15-5-7-16(8-6-15)21(27)14-26;1-3-24-13-12-21-19(15-24)18-6-4-5-7-20(18)25(21)14-16-8-10-17(11-9-16)22(26)23-2/h2-3,5-6,8-11H,4,7,12-16H2,1H3,(H2,25,29)(H,26,30);4-11,16H,12-15H2,1-3H3,(H,24,27);1-8,26H,9-14H2,(H2,23,28);4-11H,3,12-15H2,1-2H3,(H,23,26). The van der Waals surface area contributed by atoms with E-state index >= 15 is 0 Å². The highest BCUT2D eigenvalue weighted by Crippen LogP contribution is 2.37. The molecule has 5 amide bonds. The molecule has 0 unspecified atom stereocenters. The molecule has 16 rings (SSSR count). The third-order valence-corrected chi connectivity index (χ3v) is 22.5. The first-order chi connectivity index (χ1) is 53.9. The van der Waals surface area contributed by atoms with E-state index in [1.165, 1.54) is 105 Å². The Morgan fingerprint density at radius 3 is 1.05 bits per heavy atom. The number of primary amides is 2. The number of para-hydroxylation sites is 4. The minimum absolute atomic E-state index is 0.0417. The molecule has 0 saturated heterocycles. The Bertz CT molecular complexity index is 5340. The molecule has 574 valence electrons. The first kappa shape index (κ1) is 77.9. The summed E-state index contributed by atoms with van der Waals surface area (Å²) in [5, 5.41) is 22.3. The Hall–Kier alpha value is -11.3. The van der Waals surface area contributed by atoms with Gasteiger partial charge in [-0.1, -0.05) is 140 Å². The Labute approximate surface area is 649 Å². The van der Waals surface area contributed by atoms with Gasteiger partial charge < -0.3 is 50.8 Å². The molecule has 20 nitrogen and oxygen atoms in total. The average Bonchev–Trinajstić information content (AvgIpc) is 1.63. The summed E-state index contributed by atoms with van der Waals surface area (Å²) in [5.74, 6) is -0.956. The number of nitrogens with zero attached hydrogens (tertiary/aromatic N) is 8. The van der Waals surface area contributed by atoms with Crippen LogP contribution in [0, 0.1) is 0 Å². The highest BCUT2D eigenvalue weighted by molar-refractivity contribution is 5.97. The summed E-state index contributed by atoms with van der Waals surface area (Å²) in [4.78, 5) is 78.9. The summed E-state index contributed by atoms with van der Waals surface area (Å²) in [5.41, 5.74) is 34.2. The molecule has 8 aromatic carbocycles. The second-order valence-corrected chi connectivity index (χ2v) is 29.7. The van der Waals surface area contributed by atoms with Gasteiger partial charge in [0.25, 0.3) is 17.7 Å². The number of likely N-dealkylation sites (N-methyl/N-ethyl adjacent to an activating group) is 1. The van der Waals surface area contributed by atoms with Gasteiger partial charge in [-0.05, 0) is 139 Å². The number of nitrogens with two attached hydrogens (primary N) is 2. The fourth-order valence-electron chi connectivity index (χ4n) is 16.6. The highest BCUT2D eigenvalue weighted by atomic mass is 16.3. The molecule has 0 spiro atoms. The monoisotopic (exact) mass is 1490 g/mol. The van der Waals surface area contributed by atoms with E-state index in [0.717, 1.165) is 123 Å². The third kappa shape index (κ3) is 17.7. The van der Waals surface area contributed by atoms with E-state index in [0.29, 0.717) is 41.3 Å². The number of hydrogen-bond donors (Lipinski definition) is 6. The van der Waals surface area contributed by atoms with Crippen LogP contribution in [0.25, 0.3) is 43.6 Å². The van der Waals surface area contributed by atoms with E-state index in [9.17, 15) is 28.8 Å². The molecule has 0 saturated carbocycles. The molecule has 4 aliphatic heterocycles. The summed E-state index contributed by atoms with van der Waals surface area (Å²) in [7, 11) is 4.97. The molecule has 0 atom stereocenters. The van der Waals surface area contributed by atoms with E-state index in [2.05, 4.69) is 184 Å². The molecule has 111 heavy (non-hydrogen) atoms. The number of aliphatic hydroxyl groups is 1. The third-order valence-electron chi connectivity index (χ3n) is 22.5. The second-order valence-electron chi connectivity index (χ2n) is 29.7. The fraction of sp³-hybridized carbons (Fsp3) is 0.319. The Morgan fingerprint density at radius 2 is 0.712 bits per heavy atom. The van der Waals surface area contributed by atoms with Crippen molar-refractivity contribution >= 4 is 78.9 Å². The molecule has 0 fully saturated rings. The van der Waals surface area contributed by atoms with Crippen LogP contribution >= 0.6 is 0 Å². The van der Waals surface area contributed by atoms with Crippen LogP contribution in [0.1, 0.15) is 142 Å². The maximum Gasteiger partial charge on any atom is 0.251 e. The number of rotatable bonds is 21. The summed E-state index contributed by atoms with van der Waals surface area (Å²) < 4.78 is 9.68. The first-order valence-corrected chi connectivity index (χ1v) is 38.9. The van der Waals surface area contributed by atoms with Gasteiger partial charge in [0.15, 0.2) is 5.78 Å². The maximum atomic E-state index is 11.8. The zero-order valence-electron chi connectivity index (χ0n) is 64.7. The number of nitrogens with one attached hydrogen (secondary N) is 3. The van der Waals surface area contributed by atoms with E-state index in [1.54, 1.807) is 33.3 Å². The number of benzene rings is 8. The van der Waals surface area contributed by atoms with Gasteiger partial charge >= 0.3 is 0 Å². The molecule has 20 heteroatoms. The Balaban J connectivity index is 0.000000130. The van der Waals surface area contributed by atoms with Crippen LogP contribution in [0.3, 0.4) is 0 Å². The molecule has 0 bridgehead atoms. The number of amides is 5. The van der Waals surface area contributed by atoms with Gasteiger partial charge in [-0.2, -0.15) is 0 Å². The van der Waals surface area contributed by atoms with Gasteiger partial charge in [0.1, 0.15) is 6.61 Å². The van der Waals surface area contributed by atoms with Crippen molar-refractivity contribution in [3.63, 3.8) is 0 Å². The quantitative estimate of drug-likeness (QED) is 0.0370. The van der Waals surface area contributed by atoms with Crippen LogP contribution in [-0.4, -0.2) is 158 Å². The lowest BCUT2D eigenvalue weighted by molar-refractivity contribution is -0.119. The molecule has 4 aliphatic rings. The van der Waals surface area contributed by atoms with Crippen LogP contribution < -0.4 is 27.4 Å². The number of Topliss-reactive ketones (excluding diaryl/α,β-unsaturated/α-hetero) is 1. The summed E-state index contributed by atoms with van der Waals surface area (Å²) in [6, 6.07) is 66.0. The number of aromatic nitrogens is 4. The molecule has 0 radical (unpaired) electrons. The van der Waals surface area contributed by atoms with Crippen LogP contribution in [0.5, 0.6) is 0 Å². The van der Waals surface area contributed by atoms with E-state index in [-0.39, 0.29) is 41.9 Å². The lowest BCUT2D eigenvalue weighted by Gasteiger charge is -2.31. The topological polar surface area (TPSA) is 243 Å². The Morgan fingerprint density at radius 1 is 0.396 bits per heavy atom.